The van der Waals surface area contributed by atoms with Crippen molar-refractivity contribution in [3.8, 4) is 0 Å². The zero-order valence-electron chi connectivity index (χ0n) is 7.26. The Morgan fingerprint density at radius 3 is 0.688 bits per heavy atom. The number of hydrogen-bond acceptors (Lipinski definition) is 9. The van der Waals surface area contributed by atoms with Crippen LogP contribution in [0.3, 0.4) is 0 Å². The summed E-state index contributed by atoms with van der Waals surface area (Å²) in [7, 11) is 0. The molecule has 0 bridgehead atoms. The first-order valence-electron chi connectivity index (χ1n) is 2.80. The molecule has 89 valence electrons. The molecule has 0 aromatic heterocycles. The van der Waals surface area contributed by atoms with E-state index < -0.39 is 17.9 Å². The van der Waals surface area contributed by atoms with Crippen molar-refractivity contribution in [1.82, 2.24) is 0 Å². The Morgan fingerprint density at radius 1 is 0.625 bits per heavy atom. The molecule has 0 amide bonds. The van der Waals surface area contributed by atoms with Gasteiger partial charge in [-0.05, 0) is 0 Å². The molecule has 0 saturated carbocycles. The number of carbonyl (C=O) groups is 6. The average molecular weight is 275 g/mol. The average Bonchev–Trinajstić information content (AvgIpc) is 2.19. The number of carbonyl (C=O) groups excluding carboxylic acids is 6. The molecule has 0 N–H and O–H groups in total. The minimum absolute atomic E-state index is 0. The van der Waals surface area contributed by atoms with Crippen molar-refractivity contribution in [3.63, 3.8) is 0 Å². The molecule has 0 aromatic carbocycles. The zero-order valence-corrected chi connectivity index (χ0v) is 8.36. The Morgan fingerprint density at radius 2 is 0.688 bits per heavy atom. The maximum Gasteiger partial charge on any atom is 3.00 e. The Balaban J connectivity index is -0.0000000655. The Kier molecular flexibility index (Phi) is 27.6. The smallest absolute Gasteiger partial charge is 0.542 e. The van der Waals surface area contributed by atoms with E-state index in [9.17, 15) is 0 Å². The summed E-state index contributed by atoms with van der Waals surface area (Å²) >= 11 is 0. The van der Waals surface area contributed by atoms with Crippen molar-refractivity contribution in [2.45, 2.75) is 0 Å². The van der Waals surface area contributed by atoms with Gasteiger partial charge in [0.05, 0.1) is 0 Å². The van der Waals surface area contributed by atoms with Crippen LogP contribution in [0.5, 0.6) is 0 Å². The fourth-order valence-corrected chi connectivity index (χ4v) is 0. The molecule has 16 heavy (non-hydrogen) atoms. The predicted molar refractivity (Wildman–Crippen MR) is 33.2 cm³/mol. The first-order valence-corrected chi connectivity index (χ1v) is 2.80. The summed E-state index contributed by atoms with van der Waals surface area (Å²) in [5.41, 5.74) is 0. The van der Waals surface area contributed by atoms with Gasteiger partial charge < -0.3 is 29.7 Å². The molecule has 1 radical (unpaired) electrons. The fraction of sp³-hybridized carbons (Fsp3) is 0. The van der Waals surface area contributed by atoms with Gasteiger partial charge in [-0.15, -0.1) is 0 Å². The molecule has 0 aliphatic heterocycles. The van der Waals surface area contributed by atoms with Gasteiger partial charge in [0, 0.05) is 0 Å². The van der Waals surface area contributed by atoms with Crippen molar-refractivity contribution in [2.24, 2.45) is 0 Å². The summed E-state index contributed by atoms with van der Waals surface area (Å²) in [5, 5.41) is 26.7. The molecule has 0 fully saturated rings. The van der Waals surface area contributed by atoms with Crippen molar-refractivity contribution in [1.29, 1.82) is 0 Å². The summed E-state index contributed by atoms with van der Waals surface area (Å²) in [5.74, 6) is -5.03. The van der Waals surface area contributed by atoms with Crippen LogP contribution in [0, 0.1) is 0 Å². The summed E-state index contributed by atoms with van der Waals surface area (Å²) in [4.78, 5) is 53.2. The molecule has 0 aliphatic rings. The van der Waals surface area contributed by atoms with Crippen LogP contribution in [-0.2, 0) is 45.8 Å². The molecule has 0 aliphatic carbocycles. The van der Waals surface area contributed by atoms with Crippen LogP contribution >= 0.6 is 0 Å². The Bertz CT molecular complexity index is 216. The van der Waals surface area contributed by atoms with Crippen LogP contribution < -0.4 is 15.3 Å². The summed E-state index contributed by atoms with van der Waals surface area (Å²) < 4.78 is 0. The van der Waals surface area contributed by atoms with Crippen LogP contribution in [0.2, 0.25) is 0 Å². The van der Waals surface area contributed by atoms with Gasteiger partial charge >= 0.3 is 17.1 Å². The topological polar surface area (TPSA) is 172 Å². The first kappa shape index (κ1) is 23.6. The van der Waals surface area contributed by atoms with Crippen molar-refractivity contribution < 1.29 is 61.2 Å². The van der Waals surface area contributed by atoms with Crippen molar-refractivity contribution in [2.75, 3.05) is 0 Å². The van der Waals surface area contributed by atoms with Gasteiger partial charge in [-0.1, -0.05) is 0 Å². The van der Waals surface area contributed by atoms with E-state index in [2.05, 4.69) is 0 Å². The van der Waals surface area contributed by atoms with Gasteiger partial charge in [-0.2, -0.15) is 0 Å². The van der Waals surface area contributed by atoms with Crippen LogP contribution in [0.15, 0.2) is 0 Å². The van der Waals surface area contributed by atoms with E-state index in [-0.39, 0.29) is 35.9 Å². The Hall–Kier alpha value is -2.06. The number of carboxylic acids is 3. The van der Waals surface area contributed by atoms with E-state index in [0.717, 1.165) is 0 Å². The first-order chi connectivity index (χ1) is 6.81. The summed E-state index contributed by atoms with van der Waals surface area (Å²) in [6, 6.07) is 0. The standard InChI is InChI=1S/3C2H2O3.Fe/c3*3-1-2(4)5;/h3*1H,(H,4,5);/q;;;+3/p-3. The van der Waals surface area contributed by atoms with Crippen molar-refractivity contribution >= 4 is 36.8 Å². The summed E-state index contributed by atoms with van der Waals surface area (Å²) in [6.07, 6.45) is -0.833. The SMILES string of the molecule is O=CC(=O)[O-].O=CC(=O)[O-].O=CC(=O)[O-].[Fe+3]. The molecule has 0 aromatic rings. The fourth-order valence-electron chi connectivity index (χ4n) is 0. The van der Waals surface area contributed by atoms with Gasteiger partial charge in [-0.3, -0.25) is 14.4 Å². The second-order valence-electron chi connectivity index (χ2n) is 1.31. The van der Waals surface area contributed by atoms with E-state index in [0.29, 0.717) is 0 Å². The molecule has 0 heterocycles. The largest absolute Gasteiger partial charge is 3.00 e. The molecular formula is C6H3FeO9. The van der Waals surface area contributed by atoms with E-state index >= 15 is 0 Å². The van der Waals surface area contributed by atoms with E-state index in [4.69, 9.17) is 44.1 Å². The second-order valence-corrected chi connectivity index (χ2v) is 1.31. The van der Waals surface area contributed by atoms with Gasteiger partial charge in [0.25, 0.3) is 0 Å². The third kappa shape index (κ3) is 92.1. The number of carboxylic acid groups (broad SMARTS) is 3. The molecule has 0 unspecified atom stereocenters. The van der Waals surface area contributed by atoms with Gasteiger partial charge in [0.2, 0.25) is 0 Å². The third-order valence-corrected chi connectivity index (χ3v) is 0.289. The van der Waals surface area contributed by atoms with Crippen LogP contribution in [0.4, 0.5) is 0 Å². The number of hydrogen-bond donors (Lipinski definition) is 0. The van der Waals surface area contributed by atoms with E-state index in [1.807, 2.05) is 0 Å². The number of aldehydes is 3. The molecular weight excluding hydrogens is 272 g/mol. The van der Waals surface area contributed by atoms with Gasteiger partial charge in [-0.25, -0.2) is 0 Å². The quantitative estimate of drug-likeness (QED) is 0.276. The number of aliphatic carboxylic acids is 3. The Labute approximate surface area is 98.5 Å². The van der Waals surface area contributed by atoms with Gasteiger partial charge in [0.15, 0.2) is 18.9 Å². The third-order valence-electron chi connectivity index (χ3n) is 0.289. The zero-order chi connectivity index (χ0) is 12.9. The normalized spacial score (nSPS) is 6.00. The second kappa shape index (κ2) is 18.7. The van der Waals surface area contributed by atoms with Crippen LogP contribution in [0.1, 0.15) is 0 Å². The predicted octanol–water partition coefficient (Wildman–Crippen LogP) is -6.20. The maximum absolute atomic E-state index is 8.89. The van der Waals surface area contributed by atoms with Gasteiger partial charge in [0.1, 0.15) is 17.9 Å². The minimum atomic E-state index is -1.68. The minimum Gasteiger partial charge on any atom is -0.542 e. The maximum atomic E-state index is 8.89. The van der Waals surface area contributed by atoms with E-state index in [1.165, 1.54) is 0 Å². The monoisotopic (exact) mass is 275 g/mol. The molecule has 9 nitrogen and oxygen atoms in total. The molecule has 0 saturated heterocycles. The molecule has 0 rings (SSSR count). The number of rotatable bonds is 3. The molecule has 10 heteroatoms. The van der Waals surface area contributed by atoms with Crippen molar-refractivity contribution in [3.05, 3.63) is 0 Å². The molecule has 0 atom stereocenters. The van der Waals surface area contributed by atoms with Crippen LogP contribution in [-0.4, -0.2) is 36.8 Å². The van der Waals surface area contributed by atoms with Crippen LogP contribution in [0.25, 0.3) is 0 Å². The summed E-state index contributed by atoms with van der Waals surface area (Å²) in [6.45, 7) is 0. The van der Waals surface area contributed by atoms with E-state index in [1.54, 1.807) is 0 Å². The molecule has 0 spiro atoms.